The van der Waals surface area contributed by atoms with Crippen LogP contribution in [0.1, 0.15) is 25.8 Å². The number of allylic oxidation sites excluding steroid dienone is 2. The highest BCUT2D eigenvalue weighted by Crippen LogP contribution is 2.24. The highest BCUT2D eigenvalue weighted by atomic mass is 35.5. The van der Waals surface area contributed by atoms with Gasteiger partial charge < -0.3 is 0 Å². The van der Waals surface area contributed by atoms with Gasteiger partial charge in [-0.3, -0.25) is 4.99 Å². The third kappa shape index (κ3) is 2.50. The molecule has 0 unspecified atom stereocenters. The molecule has 1 aromatic rings. The Balaban J connectivity index is 2.42. The molecule has 88 valence electrons. The minimum Gasteiger partial charge on any atom is -0.284 e. The van der Waals surface area contributed by atoms with E-state index in [1.807, 2.05) is 24.3 Å². The number of halogens is 1. The Labute approximate surface area is 108 Å². The van der Waals surface area contributed by atoms with E-state index < -0.39 is 0 Å². The fraction of sp³-hybridized carbons (Fsp3) is 0.267. The third-order valence-electron chi connectivity index (χ3n) is 3.25. The van der Waals surface area contributed by atoms with E-state index in [4.69, 9.17) is 11.6 Å². The van der Waals surface area contributed by atoms with Crippen LogP contribution in [-0.4, -0.2) is 12.3 Å². The van der Waals surface area contributed by atoms with E-state index >= 15 is 0 Å². The summed E-state index contributed by atoms with van der Waals surface area (Å²) in [4.78, 5) is 4.64. The van der Waals surface area contributed by atoms with Crippen molar-refractivity contribution in [2.45, 2.75) is 20.3 Å². The average molecular weight is 246 g/mol. The molecule has 0 atom stereocenters. The SMILES string of the molecule is C=C1C(c2ccc(Cl)cc2)=NCCC(C)=C1C. The first-order chi connectivity index (χ1) is 8.09. The standard InChI is InChI=1S/C15H16ClN/c1-10-8-9-17-15(12(3)11(10)2)13-4-6-14(16)7-5-13/h4-7H,3,8-9H2,1-2H3. The summed E-state index contributed by atoms with van der Waals surface area (Å²) in [5.74, 6) is 0. The van der Waals surface area contributed by atoms with Gasteiger partial charge in [0.1, 0.15) is 0 Å². The second kappa shape index (κ2) is 4.89. The predicted molar refractivity (Wildman–Crippen MR) is 75.0 cm³/mol. The van der Waals surface area contributed by atoms with Gasteiger partial charge in [-0.25, -0.2) is 0 Å². The minimum absolute atomic E-state index is 0.747. The van der Waals surface area contributed by atoms with Crippen LogP contribution in [0.3, 0.4) is 0 Å². The van der Waals surface area contributed by atoms with Gasteiger partial charge in [-0.15, -0.1) is 0 Å². The summed E-state index contributed by atoms with van der Waals surface area (Å²) in [7, 11) is 0. The van der Waals surface area contributed by atoms with E-state index in [0.717, 1.165) is 34.8 Å². The molecule has 17 heavy (non-hydrogen) atoms. The van der Waals surface area contributed by atoms with Gasteiger partial charge in [-0.1, -0.05) is 35.9 Å². The minimum atomic E-state index is 0.747. The van der Waals surface area contributed by atoms with Gasteiger partial charge >= 0.3 is 0 Å². The molecule has 2 rings (SSSR count). The molecule has 1 aliphatic heterocycles. The smallest absolute Gasteiger partial charge is 0.0715 e. The molecule has 0 bridgehead atoms. The number of aliphatic imine (C=N–C) groups is 1. The Morgan fingerprint density at radius 3 is 2.47 bits per heavy atom. The summed E-state index contributed by atoms with van der Waals surface area (Å²) in [6.45, 7) is 9.27. The number of benzene rings is 1. The maximum absolute atomic E-state index is 5.90. The molecule has 0 aliphatic carbocycles. The highest BCUT2D eigenvalue weighted by Gasteiger charge is 2.14. The Hall–Kier alpha value is -1.34. The zero-order valence-electron chi connectivity index (χ0n) is 10.3. The molecular weight excluding hydrogens is 230 g/mol. The molecule has 1 aliphatic rings. The molecular formula is C15H16ClN. The van der Waals surface area contributed by atoms with Crippen LogP contribution in [0.2, 0.25) is 5.02 Å². The van der Waals surface area contributed by atoms with Crippen molar-refractivity contribution in [3.8, 4) is 0 Å². The van der Waals surface area contributed by atoms with Crippen molar-refractivity contribution in [1.29, 1.82) is 0 Å². The van der Waals surface area contributed by atoms with Gasteiger partial charge in [0.2, 0.25) is 0 Å². The summed E-state index contributed by atoms with van der Waals surface area (Å²) >= 11 is 5.90. The van der Waals surface area contributed by atoms with E-state index in [-0.39, 0.29) is 0 Å². The zero-order valence-corrected chi connectivity index (χ0v) is 11.0. The lowest BCUT2D eigenvalue weighted by Gasteiger charge is -2.10. The number of nitrogens with zero attached hydrogens (tertiary/aromatic N) is 1. The Morgan fingerprint density at radius 2 is 1.82 bits per heavy atom. The molecule has 0 spiro atoms. The van der Waals surface area contributed by atoms with Gasteiger partial charge in [0.05, 0.1) is 5.71 Å². The van der Waals surface area contributed by atoms with Crippen LogP contribution in [0, 0.1) is 0 Å². The first-order valence-electron chi connectivity index (χ1n) is 5.76. The first kappa shape index (κ1) is 12.1. The van der Waals surface area contributed by atoms with Crippen LogP contribution in [-0.2, 0) is 0 Å². The molecule has 2 heteroatoms. The second-order valence-corrected chi connectivity index (χ2v) is 4.81. The molecule has 0 saturated carbocycles. The quantitative estimate of drug-likeness (QED) is 0.694. The lowest BCUT2D eigenvalue weighted by molar-refractivity contribution is 0.950. The topological polar surface area (TPSA) is 12.4 Å². The lowest BCUT2D eigenvalue weighted by Crippen LogP contribution is -2.05. The molecule has 1 heterocycles. The molecule has 1 aromatic carbocycles. The van der Waals surface area contributed by atoms with E-state index in [2.05, 4.69) is 25.4 Å². The molecule has 0 radical (unpaired) electrons. The molecule has 0 amide bonds. The fourth-order valence-corrected chi connectivity index (χ4v) is 2.05. The number of rotatable bonds is 1. The van der Waals surface area contributed by atoms with Crippen molar-refractivity contribution in [3.05, 3.63) is 58.1 Å². The Bertz CT molecular complexity index is 506. The van der Waals surface area contributed by atoms with Gasteiger partial charge in [0.15, 0.2) is 0 Å². The van der Waals surface area contributed by atoms with Crippen molar-refractivity contribution < 1.29 is 0 Å². The lowest BCUT2D eigenvalue weighted by atomic mass is 9.95. The molecule has 0 saturated heterocycles. The van der Waals surface area contributed by atoms with Crippen LogP contribution in [0.5, 0.6) is 0 Å². The zero-order chi connectivity index (χ0) is 12.4. The normalized spacial score (nSPS) is 16.9. The summed E-state index contributed by atoms with van der Waals surface area (Å²) in [6, 6.07) is 7.79. The van der Waals surface area contributed by atoms with Gasteiger partial charge in [0, 0.05) is 17.1 Å². The van der Waals surface area contributed by atoms with E-state index in [1.165, 1.54) is 11.1 Å². The van der Waals surface area contributed by atoms with Crippen LogP contribution in [0.4, 0.5) is 0 Å². The molecule has 1 nitrogen and oxygen atoms in total. The monoisotopic (exact) mass is 245 g/mol. The highest BCUT2D eigenvalue weighted by molar-refractivity contribution is 6.30. The molecule has 0 N–H and O–H groups in total. The summed E-state index contributed by atoms with van der Waals surface area (Å²) in [5.41, 5.74) is 5.76. The van der Waals surface area contributed by atoms with Crippen molar-refractivity contribution in [2.75, 3.05) is 6.54 Å². The molecule has 0 aromatic heterocycles. The van der Waals surface area contributed by atoms with Crippen molar-refractivity contribution in [3.63, 3.8) is 0 Å². The first-order valence-corrected chi connectivity index (χ1v) is 6.14. The maximum Gasteiger partial charge on any atom is 0.0715 e. The fourth-order valence-electron chi connectivity index (χ4n) is 1.93. The Morgan fingerprint density at radius 1 is 1.18 bits per heavy atom. The van der Waals surface area contributed by atoms with E-state index in [9.17, 15) is 0 Å². The van der Waals surface area contributed by atoms with Crippen molar-refractivity contribution >= 4 is 17.3 Å². The van der Waals surface area contributed by atoms with Gasteiger partial charge in [0.25, 0.3) is 0 Å². The predicted octanol–water partition coefficient (Wildman–Crippen LogP) is 4.43. The van der Waals surface area contributed by atoms with Gasteiger partial charge in [-0.2, -0.15) is 0 Å². The van der Waals surface area contributed by atoms with Crippen LogP contribution in [0.25, 0.3) is 0 Å². The number of hydrogen-bond donors (Lipinski definition) is 0. The van der Waals surface area contributed by atoms with E-state index in [0.29, 0.717) is 0 Å². The van der Waals surface area contributed by atoms with Crippen LogP contribution < -0.4 is 0 Å². The maximum atomic E-state index is 5.90. The third-order valence-corrected chi connectivity index (χ3v) is 3.51. The van der Waals surface area contributed by atoms with Crippen molar-refractivity contribution in [2.24, 2.45) is 4.99 Å². The Kier molecular flexibility index (Phi) is 3.49. The van der Waals surface area contributed by atoms with Crippen LogP contribution >= 0.6 is 11.6 Å². The van der Waals surface area contributed by atoms with Crippen LogP contribution in [0.15, 0.2) is 52.6 Å². The summed E-state index contributed by atoms with van der Waals surface area (Å²) < 4.78 is 0. The number of hydrogen-bond acceptors (Lipinski definition) is 1. The summed E-state index contributed by atoms with van der Waals surface area (Å²) in [6.07, 6.45) is 1.02. The van der Waals surface area contributed by atoms with Gasteiger partial charge in [-0.05, 0) is 43.5 Å². The van der Waals surface area contributed by atoms with Crippen molar-refractivity contribution in [1.82, 2.24) is 0 Å². The largest absolute Gasteiger partial charge is 0.284 e. The average Bonchev–Trinajstić information content (AvgIpc) is 2.44. The second-order valence-electron chi connectivity index (χ2n) is 4.37. The summed E-state index contributed by atoms with van der Waals surface area (Å²) in [5, 5.41) is 0.747. The molecule has 0 fully saturated rings. The van der Waals surface area contributed by atoms with E-state index in [1.54, 1.807) is 0 Å².